The monoisotopic (exact) mass is 282 g/mol. The van der Waals surface area contributed by atoms with Crippen LogP contribution >= 0.6 is 0 Å². The Morgan fingerprint density at radius 1 is 1.50 bits per heavy atom. The van der Waals surface area contributed by atoms with E-state index in [2.05, 4.69) is 10.6 Å². The lowest BCUT2D eigenvalue weighted by molar-refractivity contribution is -0.119. The molecule has 20 heavy (non-hydrogen) atoms. The Kier molecular flexibility index (Phi) is 5.31. The fourth-order valence-corrected chi connectivity index (χ4v) is 2.05. The van der Waals surface area contributed by atoms with Gasteiger partial charge in [0.2, 0.25) is 5.91 Å². The lowest BCUT2D eigenvalue weighted by Crippen LogP contribution is -2.24. The molecule has 1 aromatic rings. The first-order valence-electron chi connectivity index (χ1n) is 6.63. The Labute approximate surface area is 117 Å². The Morgan fingerprint density at radius 3 is 3.00 bits per heavy atom. The Hall–Kier alpha value is -1.66. The molecule has 5 nitrogen and oxygen atoms in total. The largest absolute Gasteiger partial charge is 0.488 e. The second kappa shape index (κ2) is 7.21. The molecule has 0 spiro atoms. The maximum Gasteiger partial charge on any atom is 0.228 e. The molecule has 1 heterocycles. The number of anilines is 1. The highest BCUT2D eigenvalue weighted by Crippen LogP contribution is 2.22. The van der Waals surface area contributed by atoms with E-state index < -0.39 is 5.82 Å². The first-order chi connectivity index (χ1) is 9.70. The van der Waals surface area contributed by atoms with Crippen molar-refractivity contribution in [3.05, 3.63) is 24.0 Å². The van der Waals surface area contributed by atoms with Crippen LogP contribution < -0.4 is 15.4 Å². The summed E-state index contributed by atoms with van der Waals surface area (Å²) < 4.78 is 23.8. The number of ether oxygens (including phenoxy) is 2. The zero-order valence-corrected chi connectivity index (χ0v) is 11.4. The third kappa shape index (κ3) is 3.91. The number of hydrogen-bond donors (Lipinski definition) is 2. The second-order valence-corrected chi connectivity index (χ2v) is 4.67. The molecule has 1 atom stereocenters. The first-order valence-corrected chi connectivity index (χ1v) is 6.63. The fraction of sp³-hybridized carbons (Fsp3) is 0.500. The number of rotatable bonds is 6. The molecule has 0 aliphatic carbocycles. The van der Waals surface area contributed by atoms with Crippen LogP contribution in [0.2, 0.25) is 0 Å². The standard InChI is InChI=1S/C14H19FN2O3/c1-19-6-7-20-13-3-2-11(8-12(13)15)17-14(18)10-4-5-16-9-10/h2-3,8,10,16H,4-7,9H2,1H3,(H,17,18). The minimum absolute atomic E-state index is 0.0457. The zero-order chi connectivity index (χ0) is 14.4. The predicted molar refractivity (Wildman–Crippen MR) is 73.4 cm³/mol. The second-order valence-electron chi connectivity index (χ2n) is 4.67. The van der Waals surface area contributed by atoms with Gasteiger partial charge in [-0.2, -0.15) is 0 Å². The van der Waals surface area contributed by atoms with Crippen molar-refractivity contribution < 1.29 is 18.7 Å². The average molecular weight is 282 g/mol. The van der Waals surface area contributed by atoms with Crippen molar-refractivity contribution in [2.75, 3.05) is 38.7 Å². The van der Waals surface area contributed by atoms with Crippen LogP contribution in [-0.2, 0) is 9.53 Å². The number of benzene rings is 1. The minimum atomic E-state index is -0.497. The number of carbonyl (C=O) groups excluding carboxylic acids is 1. The molecule has 0 radical (unpaired) electrons. The predicted octanol–water partition coefficient (Wildman–Crippen LogP) is 1.40. The van der Waals surface area contributed by atoms with Gasteiger partial charge in [0.25, 0.3) is 0 Å². The number of carbonyl (C=O) groups is 1. The van der Waals surface area contributed by atoms with Gasteiger partial charge in [-0.1, -0.05) is 0 Å². The Morgan fingerprint density at radius 2 is 2.35 bits per heavy atom. The van der Waals surface area contributed by atoms with E-state index in [0.717, 1.165) is 13.0 Å². The molecular weight excluding hydrogens is 263 g/mol. The summed E-state index contributed by atoms with van der Waals surface area (Å²) >= 11 is 0. The van der Waals surface area contributed by atoms with Crippen LogP contribution in [0.3, 0.4) is 0 Å². The van der Waals surface area contributed by atoms with Crippen molar-refractivity contribution in [1.82, 2.24) is 5.32 Å². The summed E-state index contributed by atoms with van der Waals surface area (Å²) in [5.74, 6) is -0.468. The topological polar surface area (TPSA) is 59.6 Å². The smallest absolute Gasteiger partial charge is 0.228 e. The molecule has 1 amide bonds. The van der Waals surface area contributed by atoms with E-state index in [4.69, 9.17) is 9.47 Å². The summed E-state index contributed by atoms with van der Waals surface area (Å²) in [7, 11) is 1.55. The molecule has 1 aromatic carbocycles. The highest BCUT2D eigenvalue weighted by atomic mass is 19.1. The van der Waals surface area contributed by atoms with Gasteiger partial charge >= 0.3 is 0 Å². The van der Waals surface area contributed by atoms with Crippen LogP contribution in [0.4, 0.5) is 10.1 Å². The van der Waals surface area contributed by atoms with Crippen LogP contribution in [0.15, 0.2) is 18.2 Å². The van der Waals surface area contributed by atoms with Gasteiger partial charge in [-0.3, -0.25) is 4.79 Å². The summed E-state index contributed by atoms with van der Waals surface area (Å²) in [6, 6.07) is 4.40. The number of nitrogens with one attached hydrogen (secondary N) is 2. The number of hydrogen-bond acceptors (Lipinski definition) is 4. The lowest BCUT2D eigenvalue weighted by atomic mass is 10.1. The average Bonchev–Trinajstić information content (AvgIpc) is 2.95. The Bertz CT molecular complexity index is 462. The normalized spacial score (nSPS) is 18.0. The third-order valence-electron chi connectivity index (χ3n) is 3.18. The molecule has 0 bridgehead atoms. The van der Waals surface area contributed by atoms with Gasteiger partial charge in [0.05, 0.1) is 12.5 Å². The van der Waals surface area contributed by atoms with Gasteiger partial charge < -0.3 is 20.1 Å². The van der Waals surface area contributed by atoms with Gasteiger partial charge in [0.15, 0.2) is 11.6 Å². The van der Waals surface area contributed by atoms with Crippen molar-refractivity contribution in [3.8, 4) is 5.75 Å². The van der Waals surface area contributed by atoms with Crippen LogP contribution in [-0.4, -0.2) is 39.3 Å². The van der Waals surface area contributed by atoms with Crippen LogP contribution in [0.1, 0.15) is 6.42 Å². The van der Waals surface area contributed by atoms with E-state index in [9.17, 15) is 9.18 Å². The molecule has 1 fully saturated rings. The van der Waals surface area contributed by atoms with E-state index >= 15 is 0 Å². The van der Waals surface area contributed by atoms with E-state index in [-0.39, 0.29) is 24.2 Å². The van der Waals surface area contributed by atoms with Gasteiger partial charge in [0.1, 0.15) is 6.61 Å². The van der Waals surface area contributed by atoms with Crippen molar-refractivity contribution >= 4 is 11.6 Å². The van der Waals surface area contributed by atoms with E-state index in [1.54, 1.807) is 13.2 Å². The van der Waals surface area contributed by atoms with Crippen molar-refractivity contribution in [3.63, 3.8) is 0 Å². The highest BCUT2D eigenvalue weighted by molar-refractivity contribution is 5.92. The van der Waals surface area contributed by atoms with E-state index in [1.807, 2.05) is 0 Å². The van der Waals surface area contributed by atoms with Crippen molar-refractivity contribution in [2.24, 2.45) is 5.92 Å². The maximum absolute atomic E-state index is 13.8. The minimum Gasteiger partial charge on any atom is -0.488 e. The zero-order valence-electron chi connectivity index (χ0n) is 11.4. The van der Waals surface area contributed by atoms with Gasteiger partial charge in [-0.15, -0.1) is 0 Å². The quantitative estimate of drug-likeness (QED) is 0.774. The Balaban J connectivity index is 1.92. The summed E-state index contributed by atoms with van der Waals surface area (Å²) in [6.07, 6.45) is 0.812. The van der Waals surface area contributed by atoms with Crippen LogP contribution in [0.5, 0.6) is 5.75 Å². The van der Waals surface area contributed by atoms with Gasteiger partial charge in [-0.25, -0.2) is 4.39 Å². The summed E-state index contributed by atoms with van der Waals surface area (Å²) in [6.45, 7) is 2.20. The van der Waals surface area contributed by atoms with E-state index in [1.165, 1.54) is 12.1 Å². The highest BCUT2D eigenvalue weighted by Gasteiger charge is 2.22. The number of amides is 1. The molecule has 1 aliphatic heterocycles. The number of halogens is 1. The molecule has 0 aromatic heterocycles. The molecule has 110 valence electrons. The molecule has 2 rings (SSSR count). The molecule has 1 unspecified atom stereocenters. The molecule has 2 N–H and O–H groups in total. The van der Waals surface area contributed by atoms with Crippen molar-refractivity contribution in [1.29, 1.82) is 0 Å². The third-order valence-corrected chi connectivity index (χ3v) is 3.18. The summed E-state index contributed by atoms with van der Waals surface area (Å²) in [4.78, 5) is 11.9. The fourth-order valence-electron chi connectivity index (χ4n) is 2.05. The van der Waals surface area contributed by atoms with Crippen molar-refractivity contribution in [2.45, 2.75) is 6.42 Å². The van der Waals surface area contributed by atoms with Crippen LogP contribution in [0, 0.1) is 11.7 Å². The van der Waals surface area contributed by atoms with Gasteiger partial charge in [0, 0.05) is 25.4 Å². The molecule has 1 saturated heterocycles. The first kappa shape index (κ1) is 14.7. The lowest BCUT2D eigenvalue weighted by Gasteiger charge is -2.11. The van der Waals surface area contributed by atoms with Gasteiger partial charge in [-0.05, 0) is 25.1 Å². The SMILES string of the molecule is COCCOc1ccc(NC(=O)C2CCNC2)cc1F. The molecular formula is C14H19FN2O3. The molecule has 1 aliphatic rings. The van der Waals surface area contributed by atoms with Crippen LogP contribution in [0.25, 0.3) is 0 Å². The number of methoxy groups -OCH3 is 1. The summed E-state index contributed by atoms with van der Waals surface area (Å²) in [5, 5.41) is 5.84. The molecule has 0 saturated carbocycles. The maximum atomic E-state index is 13.8. The summed E-state index contributed by atoms with van der Waals surface area (Å²) in [5.41, 5.74) is 0.443. The van der Waals surface area contributed by atoms with E-state index in [0.29, 0.717) is 18.8 Å². The molecule has 6 heteroatoms.